The van der Waals surface area contributed by atoms with Crippen molar-refractivity contribution in [3.63, 3.8) is 0 Å². The second-order valence-corrected chi connectivity index (χ2v) is 3.70. The van der Waals surface area contributed by atoms with E-state index in [-0.39, 0.29) is 12.5 Å². The molecule has 0 aromatic carbocycles. The summed E-state index contributed by atoms with van der Waals surface area (Å²) in [7, 11) is 0. The van der Waals surface area contributed by atoms with E-state index in [4.69, 9.17) is 0 Å². The van der Waals surface area contributed by atoms with Crippen molar-refractivity contribution in [3.05, 3.63) is 6.33 Å². The van der Waals surface area contributed by atoms with Crippen LogP contribution in [0.15, 0.2) is 6.33 Å². The van der Waals surface area contributed by atoms with E-state index in [2.05, 4.69) is 27.8 Å². The second kappa shape index (κ2) is 4.35. The van der Waals surface area contributed by atoms with Crippen LogP contribution in [-0.2, 0) is 11.3 Å². The molecule has 1 saturated heterocycles. The molecule has 7 heteroatoms. The van der Waals surface area contributed by atoms with Gasteiger partial charge in [0.1, 0.15) is 12.9 Å². The Bertz CT molecular complexity index is 324. The van der Waals surface area contributed by atoms with Gasteiger partial charge in [-0.1, -0.05) is 0 Å². The first kappa shape index (κ1) is 10.0. The Labute approximate surface area is 87.4 Å². The lowest BCUT2D eigenvalue weighted by Gasteiger charge is -2.31. The van der Waals surface area contributed by atoms with Crippen LogP contribution in [0, 0.1) is 0 Å². The lowest BCUT2D eigenvalue weighted by molar-refractivity contribution is -0.133. The average molecular weight is 210 g/mol. The molecule has 1 aromatic rings. The summed E-state index contributed by atoms with van der Waals surface area (Å²) in [5, 5.41) is 13.9. The molecule has 1 aromatic heterocycles. The van der Waals surface area contributed by atoms with E-state index in [1.807, 2.05) is 4.90 Å². The Morgan fingerprint density at radius 1 is 1.67 bits per heavy atom. The number of tetrazole rings is 1. The Hall–Kier alpha value is -1.50. The van der Waals surface area contributed by atoms with E-state index < -0.39 is 0 Å². The first-order chi connectivity index (χ1) is 7.25. The van der Waals surface area contributed by atoms with Gasteiger partial charge in [0.05, 0.1) is 0 Å². The molecule has 2 heterocycles. The fourth-order valence-electron chi connectivity index (χ4n) is 1.65. The van der Waals surface area contributed by atoms with Gasteiger partial charge in [0, 0.05) is 25.7 Å². The molecule has 82 valence electrons. The monoisotopic (exact) mass is 210 g/mol. The number of nitrogens with zero attached hydrogens (tertiary/aromatic N) is 5. The highest BCUT2D eigenvalue weighted by atomic mass is 16.2. The van der Waals surface area contributed by atoms with E-state index in [1.165, 1.54) is 11.0 Å². The minimum Gasteiger partial charge on any atom is -0.338 e. The van der Waals surface area contributed by atoms with Gasteiger partial charge in [0.25, 0.3) is 0 Å². The van der Waals surface area contributed by atoms with Crippen molar-refractivity contribution in [2.45, 2.75) is 19.5 Å². The van der Waals surface area contributed by atoms with Gasteiger partial charge in [-0.15, -0.1) is 5.10 Å². The van der Waals surface area contributed by atoms with Gasteiger partial charge < -0.3 is 10.2 Å². The van der Waals surface area contributed by atoms with Crippen LogP contribution in [0.25, 0.3) is 0 Å². The highest BCUT2D eigenvalue weighted by Crippen LogP contribution is 2.00. The van der Waals surface area contributed by atoms with Gasteiger partial charge in [-0.25, -0.2) is 4.68 Å². The number of aromatic nitrogens is 4. The lowest BCUT2D eigenvalue weighted by atomic mass is 10.2. The van der Waals surface area contributed by atoms with Crippen LogP contribution in [0.1, 0.15) is 6.92 Å². The average Bonchev–Trinajstić information content (AvgIpc) is 2.70. The molecular weight excluding hydrogens is 196 g/mol. The number of carbonyl (C=O) groups is 1. The summed E-state index contributed by atoms with van der Waals surface area (Å²) in [4.78, 5) is 13.6. The van der Waals surface area contributed by atoms with Crippen LogP contribution in [0.4, 0.5) is 0 Å². The third-order valence-electron chi connectivity index (χ3n) is 2.41. The molecule has 0 radical (unpaired) electrons. The first-order valence-corrected chi connectivity index (χ1v) is 4.97. The summed E-state index contributed by atoms with van der Waals surface area (Å²) in [6.45, 7) is 4.64. The van der Waals surface area contributed by atoms with Crippen molar-refractivity contribution in [2.75, 3.05) is 19.6 Å². The summed E-state index contributed by atoms with van der Waals surface area (Å²) < 4.78 is 1.44. The molecule has 1 N–H and O–H groups in total. The Kier molecular flexibility index (Phi) is 2.91. The zero-order valence-corrected chi connectivity index (χ0v) is 8.63. The van der Waals surface area contributed by atoms with Crippen LogP contribution >= 0.6 is 0 Å². The number of amides is 1. The van der Waals surface area contributed by atoms with E-state index in [0.29, 0.717) is 6.04 Å². The number of carbonyl (C=O) groups excluding carboxylic acids is 1. The maximum absolute atomic E-state index is 11.8. The number of nitrogens with one attached hydrogen (secondary N) is 1. The Morgan fingerprint density at radius 2 is 2.53 bits per heavy atom. The Balaban J connectivity index is 1.90. The van der Waals surface area contributed by atoms with Crippen molar-refractivity contribution >= 4 is 5.91 Å². The first-order valence-electron chi connectivity index (χ1n) is 4.97. The quantitative estimate of drug-likeness (QED) is 0.642. The summed E-state index contributed by atoms with van der Waals surface area (Å²) >= 11 is 0. The van der Waals surface area contributed by atoms with Gasteiger partial charge in [-0.3, -0.25) is 4.79 Å². The number of piperazine rings is 1. The summed E-state index contributed by atoms with van der Waals surface area (Å²) in [5.41, 5.74) is 0. The zero-order valence-electron chi connectivity index (χ0n) is 8.63. The van der Waals surface area contributed by atoms with E-state index in [9.17, 15) is 4.79 Å². The molecule has 1 aliphatic heterocycles. The van der Waals surface area contributed by atoms with Crippen LogP contribution in [0.2, 0.25) is 0 Å². The zero-order chi connectivity index (χ0) is 10.7. The minimum atomic E-state index is 0.0654. The molecule has 1 amide bonds. The van der Waals surface area contributed by atoms with Crippen molar-refractivity contribution in [1.82, 2.24) is 30.4 Å². The largest absolute Gasteiger partial charge is 0.338 e. The van der Waals surface area contributed by atoms with Crippen molar-refractivity contribution in [3.8, 4) is 0 Å². The third-order valence-corrected chi connectivity index (χ3v) is 2.41. The minimum absolute atomic E-state index is 0.0654. The van der Waals surface area contributed by atoms with E-state index >= 15 is 0 Å². The van der Waals surface area contributed by atoms with Crippen molar-refractivity contribution < 1.29 is 4.79 Å². The molecule has 7 nitrogen and oxygen atoms in total. The topological polar surface area (TPSA) is 75.9 Å². The molecule has 2 rings (SSSR count). The molecule has 1 fully saturated rings. The Morgan fingerprint density at radius 3 is 3.20 bits per heavy atom. The molecule has 0 saturated carbocycles. The van der Waals surface area contributed by atoms with Crippen LogP contribution in [0.5, 0.6) is 0 Å². The van der Waals surface area contributed by atoms with Gasteiger partial charge in [0.2, 0.25) is 5.91 Å². The van der Waals surface area contributed by atoms with Crippen molar-refractivity contribution in [1.29, 1.82) is 0 Å². The van der Waals surface area contributed by atoms with Crippen LogP contribution in [0.3, 0.4) is 0 Å². The highest BCUT2D eigenvalue weighted by molar-refractivity contribution is 5.76. The molecular formula is C8H14N6O. The number of rotatable bonds is 2. The maximum Gasteiger partial charge on any atom is 0.244 e. The molecule has 0 aliphatic carbocycles. The van der Waals surface area contributed by atoms with Crippen LogP contribution in [-0.4, -0.2) is 56.7 Å². The summed E-state index contributed by atoms with van der Waals surface area (Å²) in [6.07, 6.45) is 1.45. The third kappa shape index (κ3) is 2.50. The van der Waals surface area contributed by atoms with E-state index in [1.54, 1.807) is 0 Å². The molecule has 0 bridgehead atoms. The van der Waals surface area contributed by atoms with Crippen LogP contribution < -0.4 is 5.32 Å². The van der Waals surface area contributed by atoms with E-state index in [0.717, 1.165) is 19.6 Å². The van der Waals surface area contributed by atoms with Gasteiger partial charge in [-0.2, -0.15) is 0 Å². The smallest absolute Gasteiger partial charge is 0.244 e. The van der Waals surface area contributed by atoms with Gasteiger partial charge >= 0.3 is 0 Å². The van der Waals surface area contributed by atoms with Gasteiger partial charge in [0.15, 0.2) is 0 Å². The highest BCUT2D eigenvalue weighted by Gasteiger charge is 2.20. The fourth-order valence-corrected chi connectivity index (χ4v) is 1.65. The molecule has 15 heavy (non-hydrogen) atoms. The fraction of sp³-hybridized carbons (Fsp3) is 0.750. The summed E-state index contributed by atoms with van der Waals surface area (Å²) in [5.74, 6) is 0.0654. The normalized spacial score (nSPS) is 21.7. The molecule has 1 unspecified atom stereocenters. The number of hydrogen-bond acceptors (Lipinski definition) is 5. The lowest BCUT2D eigenvalue weighted by Crippen LogP contribution is -2.52. The number of hydrogen-bond donors (Lipinski definition) is 1. The molecule has 1 aliphatic rings. The predicted molar refractivity (Wildman–Crippen MR) is 51.9 cm³/mol. The second-order valence-electron chi connectivity index (χ2n) is 3.70. The van der Waals surface area contributed by atoms with Gasteiger partial charge in [-0.05, 0) is 17.4 Å². The maximum atomic E-state index is 11.8. The standard InChI is InChI=1S/C8H14N6O/c1-7-4-13(3-2-9-7)8(15)5-14-6-10-11-12-14/h6-7,9H,2-5H2,1H3. The predicted octanol–water partition coefficient (Wildman–Crippen LogP) is -1.51. The summed E-state index contributed by atoms with van der Waals surface area (Å²) in [6, 6.07) is 0.358. The van der Waals surface area contributed by atoms with Crippen molar-refractivity contribution in [2.24, 2.45) is 0 Å². The molecule has 0 spiro atoms. The molecule has 1 atom stereocenters. The SMILES string of the molecule is CC1CN(C(=O)Cn2cnnn2)CCN1.